The molecule has 0 bridgehead atoms. The van der Waals surface area contributed by atoms with Crippen molar-refractivity contribution >= 4 is 57.5 Å². The number of carbonyl (C=O) groups is 2. The number of hydrogen-bond acceptors (Lipinski definition) is 5. The second-order valence-corrected chi connectivity index (χ2v) is 9.10. The van der Waals surface area contributed by atoms with Crippen molar-refractivity contribution in [2.45, 2.75) is 33.2 Å². The summed E-state index contributed by atoms with van der Waals surface area (Å²) in [5.41, 5.74) is 5.41. The highest BCUT2D eigenvalue weighted by atomic mass is 32.2. The number of rotatable bonds is 3. The lowest BCUT2D eigenvalue weighted by Gasteiger charge is -2.41. The van der Waals surface area contributed by atoms with Crippen molar-refractivity contribution in [3.8, 4) is 0 Å². The average molecular weight is 403 g/mol. The van der Waals surface area contributed by atoms with Crippen LogP contribution in [0.25, 0.3) is 11.6 Å². The van der Waals surface area contributed by atoms with Crippen molar-refractivity contribution in [3.63, 3.8) is 0 Å². The molecular formula is C20H22N2O3S2. The molecule has 0 radical (unpaired) electrons. The van der Waals surface area contributed by atoms with Gasteiger partial charge in [0.15, 0.2) is 0 Å². The molecule has 0 atom stereocenters. The smallest absolute Gasteiger partial charge is 0.323 e. The Bertz CT molecular complexity index is 931. The summed E-state index contributed by atoms with van der Waals surface area (Å²) in [6.07, 6.45) is 4.05. The van der Waals surface area contributed by atoms with E-state index in [1.54, 1.807) is 0 Å². The number of allylic oxidation sites excluding steroid dienone is 1. The van der Waals surface area contributed by atoms with Gasteiger partial charge in [0, 0.05) is 18.3 Å². The van der Waals surface area contributed by atoms with Gasteiger partial charge in [-0.25, -0.2) is 0 Å². The molecule has 2 heterocycles. The molecular weight excluding hydrogens is 380 g/mol. The molecule has 0 aromatic heterocycles. The van der Waals surface area contributed by atoms with E-state index in [4.69, 9.17) is 17.3 Å². The van der Waals surface area contributed by atoms with E-state index in [0.29, 0.717) is 4.91 Å². The molecule has 1 aromatic carbocycles. The normalized spacial score (nSPS) is 20.2. The number of hydrogen-bond donors (Lipinski definition) is 1. The van der Waals surface area contributed by atoms with E-state index in [-0.39, 0.29) is 15.8 Å². The van der Waals surface area contributed by atoms with Crippen molar-refractivity contribution in [2.24, 2.45) is 0 Å². The van der Waals surface area contributed by atoms with Gasteiger partial charge in [0.1, 0.15) is 10.9 Å². The fourth-order valence-electron chi connectivity index (χ4n) is 3.39. The molecule has 0 unspecified atom stereocenters. The highest BCUT2D eigenvalue weighted by Crippen LogP contribution is 2.40. The second kappa shape index (κ2) is 6.80. The number of amides is 1. The van der Waals surface area contributed by atoms with E-state index in [1.165, 1.54) is 5.57 Å². The molecule has 2 aliphatic rings. The molecule has 1 saturated heterocycles. The highest BCUT2D eigenvalue weighted by Gasteiger charge is 2.34. The van der Waals surface area contributed by atoms with E-state index < -0.39 is 12.5 Å². The van der Waals surface area contributed by atoms with Crippen LogP contribution in [0.2, 0.25) is 0 Å². The Morgan fingerprint density at radius 3 is 2.63 bits per heavy atom. The minimum absolute atomic E-state index is 0.0652. The van der Waals surface area contributed by atoms with Crippen molar-refractivity contribution in [1.82, 2.24) is 4.90 Å². The summed E-state index contributed by atoms with van der Waals surface area (Å²) in [6.45, 7) is 8.05. The molecule has 1 amide bonds. The van der Waals surface area contributed by atoms with Crippen LogP contribution >= 0.6 is 24.0 Å². The van der Waals surface area contributed by atoms with Crippen molar-refractivity contribution in [1.29, 1.82) is 0 Å². The van der Waals surface area contributed by atoms with E-state index in [9.17, 15) is 9.59 Å². The minimum Gasteiger partial charge on any atom is -0.480 e. The molecule has 0 aliphatic carbocycles. The second-order valence-electron chi connectivity index (χ2n) is 7.43. The largest absolute Gasteiger partial charge is 0.480 e. The van der Waals surface area contributed by atoms with Crippen LogP contribution in [0.4, 0.5) is 5.69 Å². The highest BCUT2D eigenvalue weighted by molar-refractivity contribution is 8.26. The Hall–Kier alpha value is -2.12. The molecule has 3 rings (SSSR count). The molecule has 2 aliphatic heterocycles. The number of carboxylic acids is 1. The lowest BCUT2D eigenvalue weighted by molar-refractivity contribution is -0.140. The van der Waals surface area contributed by atoms with Crippen LogP contribution in [-0.4, -0.2) is 45.3 Å². The van der Waals surface area contributed by atoms with Gasteiger partial charge in [-0.2, -0.15) is 0 Å². The maximum atomic E-state index is 12.5. The third kappa shape index (κ3) is 3.53. The third-order valence-corrected chi connectivity index (χ3v) is 6.44. The molecule has 142 valence electrons. The molecule has 1 N–H and O–H groups in total. The lowest BCUT2D eigenvalue weighted by atomic mass is 9.87. The first-order valence-electron chi connectivity index (χ1n) is 8.57. The van der Waals surface area contributed by atoms with E-state index >= 15 is 0 Å². The van der Waals surface area contributed by atoms with Gasteiger partial charge < -0.3 is 10.0 Å². The number of nitrogens with zero attached hydrogens (tertiary/aromatic N) is 2. The molecule has 1 fully saturated rings. The van der Waals surface area contributed by atoms with Gasteiger partial charge in [-0.05, 0) is 62.6 Å². The number of fused-ring (bicyclic) bond motifs is 1. The predicted molar refractivity (Wildman–Crippen MR) is 115 cm³/mol. The minimum atomic E-state index is -1.08. The summed E-state index contributed by atoms with van der Waals surface area (Å²) < 4.78 is 0.279. The zero-order valence-corrected chi connectivity index (χ0v) is 17.6. The first-order chi connectivity index (χ1) is 12.5. The predicted octanol–water partition coefficient (Wildman–Crippen LogP) is 3.91. The quantitative estimate of drug-likeness (QED) is 0.611. The lowest BCUT2D eigenvalue weighted by Crippen LogP contribution is -2.42. The Balaban J connectivity index is 2.02. The summed E-state index contributed by atoms with van der Waals surface area (Å²) in [4.78, 5) is 27.3. The SMILES string of the molecule is CC1=CC(C)(C)N(C)c2cc(C)c(/C=C3\SC(=S)N(CC(=O)O)C3=O)cc21. The number of carboxylic acid groups (broad SMARTS) is 1. The number of thiocarbonyl (C=S) groups is 1. The van der Waals surface area contributed by atoms with Gasteiger partial charge in [-0.3, -0.25) is 14.5 Å². The maximum Gasteiger partial charge on any atom is 0.323 e. The van der Waals surface area contributed by atoms with E-state index in [0.717, 1.165) is 39.0 Å². The van der Waals surface area contributed by atoms with Crippen LogP contribution in [0, 0.1) is 6.92 Å². The Labute approximate surface area is 168 Å². The monoisotopic (exact) mass is 402 g/mol. The molecule has 7 heteroatoms. The van der Waals surface area contributed by atoms with Gasteiger partial charge in [-0.15, -0.1) is 0 Å². The molecule has 27 heavy (non-hydrogen) atoms. The molecule has 0 spiro atoms. The van der Waals surface area contributed by atoms with Crippen LogP contribution in [0.5, 0.6) is 0 Å². The fraction of sp³-hybridized carbons (Fsp3) is 0.350. The zero-order valence-electron chi connectivity index (χ0n) is 16.0. The molecule has 5 nitrogen and oxygen atoms in total. The van der Waals surface area contributed by atoms with Gasteiger partial charge in [0.25, 0.3) is 5.91 Å². The number of likely N-dealkylation sites (N-methyl/N-ethyl adjacent to an activating group) is 1. The van der Waals surface area contributed by atoms with Crippen LogP contribution in [0.15, 0.2) is 23.1 Å². The first kappa shape index (κ1) is 19.6. The van der Waals surface area contributed by atoms with Crippen molar-refractivity contribution in [2.75, 3.05) is 18.5 Å². The maximum absolute atomic E-state index is 12.5. The van der Waals surface area contributed by atoms with Gasteiger partial charge in [0.05, 0.1) is 10.4 Å². The number of benzene rings is 1. The van der Waals surface area contributed by atoms with Crippen LogP contribution in [0.3, 0.4) is 0 Å². The van der Waals surface area contributed by atoms with Crippen LogP contribution < -0.4 is 4.90 Å². The molecule has 0 saturated carbocycles. The summed E-state index contributed by atoms with van der Waals surface area (Å²) in [5, 5.41) is 8.97. The summed E-state index contributed by atoms with van der Waals surface area (Å²) in [6, 6.07) is 4.23. The summed E-state index contributed by atoms with van der Waals surface area (Å²) in [5.74, 6) is -1.43. The molecule has 1 aromatic rings. The van der Waals surface area contributed by atoms with E-state index in [1.807, 2.05) is 13.0 Å². The summed E-state index contributed by atoms with van der Waals surface area (Å²) >= 11 is 6.31. The fourth-order valence-corrected chi connectivity index (χ4v) is 4.63. The Morgan fingerprint density at radius 2 is 2.00 bits per heavy atom. The Morgan fingerprint density at radius 1 is 1.33 bits per heavy atom. The van der Waals surface area contributed by atoms with Crippen molar-refractivity contribution in [3.05, 3.63) is 39.8 Å². The van der Waals surface area contributed by atoms with Crippen LogP contribution in [-0.2, 0) is 9.59 Å². The third-order valence-electron chi connectivity index (χ3n) is 5.06. The first-order valence-corrected chi connectivity index (χ1v) is 9.79. The average Bonchev–Trinajstić information content (AvgIpc) is 2.81. The number of thioether (sulfide) groups is 1. The number of aliphatic carboxylic acids is 1. The van der Waals surface area contributed by atoms with Crippen LogP contribution in [0.1, 0.15) is 37.5 Å². The number of anilines is 1. The van der Waals surface area contributed by atoms with Gasteiger partial charge in [0.2, 0.25) is 0 Å². The van der Waals surface area contributed by atoms with E-state index in [2.05, 4.69) is 50.9 Å². The summed E-state index contributed by atoms with van der Waals surface area (Å²) in [7, 11) is 2.08. The number of carbonyl (C=O) groups excluding carboxylic acids is 1. The zero-order chi connectivity index (χ0) is 20.1. The number of aryl methyl sites for hydroxylation is 1. The Kier molecular flexibility index (Phi) is 4.94. The standard InChI is InChI=1S/C20H22N2O3S2/c1-11-6-15-14(12(2)9-20(3,4)21(15)5)7-13(11)8-16-18(25)22(10-17(23)24)19(26)27-16/h6-9H,10H2,1-5H3,(H,23,24)/b16-8-. The van der Waals surface area contributed by atoms with Gasteiger partial charge in [-0.1, -0.05) is 30.1 Å². The van der Waals surface area contributed by atoms with Crippen molar-refractivity contribution < 1.29 is 14.7 Å². The topological polar surface area (TPSA) is 60.9 Å². The van der Waals surface area contributed by atoms with Gasteiger partial charge >= 0.3 is 5.97 Å².